The first-order valence-corrected chi connectivity index (χ1v) is 12.0. The van der Waals surface area contributed by atoms with Crippen LogP contribution in [0.3, 0.4) is 0 Å². The molecule has 1 N–H and O–H groups in total. The van der Waals surface area contributed by atoms with Gasteiger partial charge in [0.05, 0.1) is 0 Å². The fraction of sp³-hybridized carbons (Fsp3) is 0.667. The van der Waals surface area contributed by atoms with Crippen molar-refractivity contribution in [2.45, 2.75) is 66.2 Å². The van der Waals surface area contributed by atoms with Gasteiger partial charge in [-0.3, -0.25) is 4.79 Å². The average Bonchev–Trinajstić information content (AvgIpc) is 3.05. The lowest BCUT2D eigenvalue weighted by Gasteiger charge is -2.34. The Bertz CT molecular complexity index is 802. The van der Waals surface area contributed by atoms with Crippen LogP contribution in [0.4, 0.5) is 0 Å². The third-order valence-corrected chi connectivity index (χ3v) is 7.29. The van der Waals surface area contributed by atoms with Crippen LogP contribution in [-0.2, 0) is 17.6 Å². The highest BCUT2D eigenvalue weighted by atomic mass is 32.1. The molecule has 29 heavy (non-hydrogen) atoms. The minimum Gasteiger partial charge on any atom is -0.357 e. The first-order valence-electron chi connectivity index (χ1n) is 11.1. The van der Waals surface area contributed by atoms with Crippen LogP contribution in [-0.4, -0.2) is 42.5 Å². The lowest BCUT2D eigenvalue weighted by Crippen LogP contribution is -2.35. The van der Waals surface area contributed by atoms with Crippen molar-refractivity contribution in [2.75, 3.05) is 26.2 Å². The van der Waals surface area contributed by atoms with Gasteiger partial charge in [-0.25, -0.2) is 4.98 Å². The summed E-state index contributed by atoms with van der Waals surface area (Å²) in [6.07, 6.45) is 8.43. The number of likely N-dealkylation sites (tertiary alicyclic amines) is 1. The highest BCUT2D eigenvalue weighted by Crippen LogP contribution is 2.38. The molecular formula is C24H37N3OS. The van der Waals surface area contributed by atoms with Crippen molar-refractivity contribution in [3.8, 4) is 0 Å². The fourth-order valence-corrected chi connectivity index (χ4v) is 5.34. The molecule has 4 rings (SSSR count). The lowest BCUT2D eigenvalue weighted by atomic mass is 9.71. The Morgan fingerprint density at radius 2 is 2.00 bits per heavy atom. The molecule has 1 aliphatic heterocycles. The number of aryl methyl sites for hydroxylation is 2. The highest BCUT2D eigenvalue weighted by Gasteiger charge is 2.29. The Kier molecular flexibility index (Phi) is 7.69. The van der Waals surface area contributed by atoms with E-state index in [9.17, 15) is 4.79 Å². The molecule has 1 amide bonds. The van der Waals surface area contributed by atoms with Crippen molar-refractivity contribution in [2.24, 2.45) is 11.3 Å². The number of pyridine rings is 1. The van der Waals surface area contributed by atoms with Gasteiger partial charge in [-0.15, -0.1) is 11.3 Å². The molecule has 2 aliphatic rings. The Labute approximate surface area is 180 Å². The van der Waals surface area contributed by atoms with Crippen molar-refractivity contribution in [3.63, 3.8) is 0 Å². The van der Waals surface area contributed by atoms with Gasteiger partial charge in [0.25, 0.3) is 0 Å². The number of hydrogen-bond donors (Lipinski definition) is 1. The molecule has 0 spiro atoms. The largest absolute Gasteiger partial charge is 0.357 e. The summed E-state index contributed by atoms with van der Waals surface area (Å²) < 4.78 is 0. The molecule has 2 aromatic heterocycles. The molecular weight excluding hydrogens is 378 g/mol. The van der Waals surface area contributed by atoms with E-state index >= 15 is 0 Å². The number of piperidine rings is 1. The molecule has 0 bridgehead atoms. The van der Waals surface area contributed by atoms with Crippen LogP contribution in [0.25, 0.3) is 10.2 Å². The number of hydrogen-bond acceptors (Lipinski definition) is 4. The van der Waals surface area contributed by atoms with Gasteiger partial charge < -0.3 is 10.2 Å². The number of fused-ring (bicyclic) bond motifs is 2. The van der Waals surface area contributed by atoms with E-state index in [1.54, 1.807) is 0 Å². The molecule has 5 heteroatoms. The predicted octanol–water partition coefficient (Wildman–Crippen LogP) is 4.97. The zero-order chi connectivity index (χ0) is 20.9. The van der Waals surface area contributed by atoms with Crippen LogP contribution < -0.4 is 5.32 Å². The number of thiophene rings is 1. The quantitative estimate of drug-likeness (QED) is 0.566. The second kappa shape index (κ2) is 10.0. The number of amides is 1. The second-order valence-corrected chi connectivity index (χ2v) is 10.9. The van der Waals surface area contributed by atoms with E-state index in [4.69, 9.17) is 4.98 Å². The summed E-state index contributed by atoms with van der Waals surface area (Å²) in [5.41, 5.74) is 3.26. The van der Waals surface area contributed by atoms with Gasteiger partial charge in [-0.1, -0.05) is 27.2 Å². The molecule has 2 aromatic rings. The van der Waals surface area contributed by atoms with Crippen molar-refractivity contribution in [3.05, 3.63) is 28.3 Å². The maximum atomic E-state index is 9.92. The van der Waals surface area contributed by atoms with Crippen LogP contribution >= 0.6 is 11.3 Å². The van der Waals surface area contributed by atoms with Gasteiger partial charge in [0, 0.05) is 29.0 Å². The second-order valence-electron chi connectivity index (χ2n) is 9.63. The summed E-state index contributed by atoms with van der Waals surface area (Å²) in [5.74, 6) is 0.795. The lowest BCUT2D eigenvalue weighted by molar-refractivity contribution is -0.109. The van der Waals surface area contributed by atoms with Crippen LogP contribution in [0.15, 0.2) is 12.1 Å². The van der Waals surface area contributed by atoms with Gasteiger partial charge in [-0.05, 0) is 81.1 Å². The zero-order valence-corrected chi connectivity index (χ0v) is 19.4. The minimum absolute atomic E-state index is 0.414. The van der Waals surface area contributed by atoms with Gasteiger partial charge in [0.2, 0.25) is 6.41 Å². The summed E-state index contributed by atoms with van der Waals surface area (Å²) in [4.78, 5) is 19.8. The van der Waals surface area contributed by atoms with Gasteiger partial charge in [-0.2, -0.15) is 0 Å². The molecule has 0 radical (unpaired) electrons. The molecule has 1 atom stereocenters. The molecule has 0 aromatic carbocycles. The standard InChI is InChI=1S/C16H21NS.C8H16N2O/c1-10-7-12-8-11-9-13(16(2,3)4)5-6-14(11)17-15(12)18-10;11-8-9-4-7-10-5-2-1-3-6-10/h7-8,13H,5-6,9H2,1-4H3;8H,1-7H2,(H,9,11). The minimum atomic E-state index is 0.414. The fourth-order valence-electron chi connectivity index (χ4n) is 4.45. The molecule has 0 saturated carbocycles. The molecule has 3 heterocycles. The van der Waals surface area contributed by atoms with E-state index in [0.29, 0.717) is 5.41 Å². The smallest absolute Gasteiger partial charge is 0.207 e. The van der Waals surface area contributed by atoms with E-state index in [1.807, 2.05) is 11.3 Å². The Morgan fingerprint density at radius 3 is 2.69 bits per heavy atom. The highest BCUT2D eigenvalue weighted by molar-refractivity contribution is 7.18. The van der Waals surface area contributed by atoms with E-state index in [2.05, 4.69) is 50.0 Å². The van der Waals surface area contributed by atoms with E-state index < -0.39 is 0 Å². The first kappa shape index (κ1) is 22.2. The van der Waals surface area contributed by atoms with E-state index in [0.717, 1.165) is 31.8 Å². The predicted molar refractivity (Wildman–Crippen MR) is 124 cm³/mol. The molecule has 4 nitrogen and oxygen atoms in total. The molecule has 160 valence electrons. The van der Waals surface area contributed by atoms with Crippen molar-refractivity contribution < 1.29 is 4.79 Å². The number of aromatic nitrogens is 1. The van der Waals surface area contributed by atoms with Crippen LogP contribution in [0.1, 0.15) is 62.6 Å². The monoisotopic (exact) mass is 415 g/mol. The van der Waals surface area contributed by atoms with E-state index in [1.165, 1.54) is 71.5 Å². The number of nitrogens with one attached hydrogen (secondary N) is 1. The number of carbonyl (C=O) groups excluding carboxylic acids is 1. The summed E-state index contributed by atoms with van der Waals surface area (Å²) in [5, 5.41) is 4.01. The molecule has 1 saturated heterocycles. The summed E-state index contributed by atoms with van der Waals surface area (Å²) >= 11 is 1.82. The zero-order valence-electron chi connectivity index (χ0n) is 18.6. The SMILES string of the molecule is Cc1cc2cc3c(nc2s1)CCC(C(C)(C)C)C3.O=CNCCN1CCCCC1. The average molecular weight is 416 g/mol. The Morgan fingerprint density at radius 1 is 1.24 bits per heavy atom. The van der Waals surface area contributed by atoms with Gasteiger partial charge in [0.1, 0.15) is 4.83 Å². The Balaban J connectivity index is 0.000000188. The summed E-state index contributed by atoms with van der Waals surface area (Å²) in [6, 6.07) is 4.66. The third kappa shape index (κ3) is 6.26. The van der Waals surface area contributed by atoms with Crippen LogP contribution in [0.2, 0.25) is 0 Å². The topological polar surface area (TPSA) is 45.2 Å². The summed E-state index contributed by atoms with van der Waals surface area (Å²) in [7, 11) is 0. The van der Waals surface area contributed by atoms with Gasteiger partial charge >= 0.3 is 0 Å². The first-order chi connectivity index (χ1) is 13.9. The molecule has 1 aliphatic carbocycles. The van der Waals surface area contributed by atoms with Crippen LogP contribution in [0.5, 0.6) is 0 Å². The maximum absolute atomic E-state index is 9.92. The summed E-state index contributed by atoms with van der Waals surface area (Å²) in [6.45, 7) is 13.5. The normalized spacial score (nSPS) is 19.9. The number of nitrogens with zero attached hydrogens (tertiary/aromatic N) is 2. The molecule has 1 fully saturated rings. The Hall–Kier alpha value is -1.46. The van der Waals surface area contributed by atoms with Gasteiger partial charge in [0.15, 0.2) is 0 Å². The van der Waals surface area contributed by atoms with Crippen molar-refractivity contribution in [1.82, 2.24) is 15.2 Å². The number of carbonyl (C=O) groups is 1. The van der Waals surface area contributed by atoms with Crippen molar-refractivity contribution >= 4 is 28.0 Å². The van der Waals surface area contributed by atoms with E-state index in [-0.39, 0.29) is 0 Å². The third-order valence-electron chi connectivity index (χ3n) is 6.33. The van der Waals surface area contributed by atoms with Crippen molar-refractivity contribution in [1.29, 1.82) is 0 Å². The molecule has 1 unspecified atom stereocenters. The number of rotatable bonds is 4. The van der Waals surface area contributed by atoms with Crippen LogP contribution in [0, 0.1) is 18.3 Å². The maximum Gasteiger partial charge on any atom is 0.207 e.